The lowest BCUT2D eigenvalue weighted by molar-refractivity contribution is 1.23. The van der Waals surface area contributed by atoms with Gasteiger partial charge in [-0.05, 0) is 74.2 Å². The zero-order chi connectivity index (χ0) is 33.3. The third-order valence-corrected chi connectivity index (χ3v) is 9.48. The van der Waals surface area contributed by atoms with Gasteiger partial charge in [-0.25, -0.2) is 9.97 Å². The molecule has 0 aliphatic carbocycles. The number of fused-ring (bicyclic) bond motifs is 3. The molecule has 2 heteroatoms. The van der Waals surface area contributed by atoms with Crippen molar-refractivity contribution in [2.75, 3.05) is 0 Å². The molecule has 0 unspecified atom stereocenters. The minimum atomic E-state index is 0.732. The summed E-state index contributed by atoms with van der Waals surface area (Å²) in [7, 11) is 0. The van der Waals surface area contributed by atoms with Gasteiger partial charge < -0.3 is 0 Å². The molecule has 0 aliphatic heterocycles. The molecule has 0 atom stereocenters. The molecule has 8 aromatic carbocycles. The van der Waals surface area contributed by atoms with Crippen LogP contribution in [-0.4, -0.2) is 9.97 Å². The van der Waals surface area contributed by atoms with E-state index in [0.29, 0.717) is 0 Å². The predicted octanol–water partition coefficient (Wildman–Crippen LogP) is 12.8. The molecular weight excluding hydrogens is 605 g/mol. The zero-order valence-corrected chi connectivity index (χ0v) is 27.4. The Kier molecular flexibility index (Phi) is 7.53. The van der Waals surface area contributed by atoms with Gasteiger partial charge in [-0.2, -0.15) is 0 Å². The molecule has 2 nitrogen and oxygen atoms in total. The van der Waals surface area contributed by atoms with Crippen LogP contribution in [0.5, 0.6) is 0 Å². The van der Waals surface area contributed by atoms with Crippen LogP contribution in [0.25, 0.3) is 88.8 Å². The van der Waals surface area contributed by atoms with Crippen LogP contribution in [0.1, 0.15) is 0 Å². The molecule has 0 radical (unpaired) electrons. The van der Waals surface area contributed by atoms with E-state index < -0.39 is 0 Å². The van der Waals surface area contributed by atoms with E-state index in [1.165, 1.54) is 44.3 Å². The molecule has 1 heterocycles. The second-order valence-corrected chi connectivity index (χ2v) is 12.6. The maximum absolute atomic E-state index is 5.15. The van der Waals surface area contributed by atoms with Crippen LogP contribution in [0, 0.1) is 0 Å². The quantitative estimate of drug-likeness (QED) is 0.170. The number of rotatable bonds is 6. The van der Waals surface area contributed by atoms with Crippen molar-refractivity contribution in [2.45, 2.75) is 0 Å². The van der Waals surface area contributed by atoms with E-state index in [2.05, 4.69) is 176 Å². The van der Waals surface area contributed by atoms with Crippen molar-refractivity contribution in [1.29, 1.82) is 0 Å². The molecule has 0 N–H and O–H groups in total. The van der Waals surface area contributed by atoms with Gasteiger partial charge in [0.2, 0.25) is 0 Å². The highest BCUT2D eigenvalue weighted by atomic mass is 14.9. The maximum atomic E-state index is 5.15. The Morgan fingerprint density at radius 3 is 1.28 bits per heavy atom. The number of benzene rings is 8. The van der Waals surface area contributed by atoms with Crippen molar-refractivity contribution >= 4 is 21.7 Å². The topological polar surface area (TPSA) is 25.8 Å². The highest BCUT2D eigenvalue weighted by Crippen LogP contribution is 2.35. The fraction of sp³-hybridized carbons (Fsp3) is 0. The first-order chi connectivity index (χ1) is 24.8. The Morgan fingerprint density at radius 1 is 0.260 bits per heavy atom. The number of nitrogens with zero attached hydrogens (tertiary/aromatic N) is 2. The monoisotopic (exact) mass is 636 g/mol. The Labute approximate surface area is 292 Å². The summed E-state index contributed by atoms with van der Waals surface area (Å²) in [5.74, 6) is 0.732. The molecular formula is C48H32N2. The molecule has 0 amide bonds. The lowest BCUT2D eigenvalue weighted by Crippen LogP contribution is -1.96. The smallest absolute Gasteiger partial charge is 0.160 e. The van der Waals surface area contributed by atoms with E-state index in [1.807, 2.05) is 18.2 Å². The second kappa shape index (κ2) is 12.8. The van der Waals surface area contributed by atoms with Crippen molar-refractivity contribution < 1.29 is 0 Å². The lowest BCUT2D eigenvalue weighted by Gasteiger charge is -2.12. The van der Waals surface area contributed by atoms with Crippen LogP contribution in [0.3, 0.4) is 0 Å². The first kappa shape index (κ1) is 29.5. The summed E-state index contributed by atoms with van der Waals surface area (Å²) < 4.78 is 0. The van der Waals surface area contributed by atoms with Crippen LogP contribution in [0.2, 0.25) is 0 Å². The fourth-order valence-corrected chi connectivity index (χ4v) is 6.89. The molecule has 9 aromatic rings. The number of aromatic nitrogens is 2. The molecule has 0 saturated carbocycles. The van der Waals surface area contributed by atoms with Crippen LogP contribution in [0.15, 0.2) is 194 Å². The van der Waals surface area contributed by atoms with E-state index in [4.69, 9.17) is 9.97 Å². The minimum Gasteiger partial charge on any atom is -0.227 e. The number of hydrogen-bond acceptors (Lipinski definition) is 2. The third-order valence-electron chi connectivity index (χ3n) is 9.48. The molecule has 9 rings (SSSR count). The van der Waals surface area contributed by atoms with Gasteiger partial charge in [0, 0.05) is 21.9 Å². The van der Waals surface area contributed by atoms with Gasteiger partial charge in [0.1, 0.15) is 0 Å². The Balaban J connectivity index is 1.06. The largest absolute Gasteiger partial charge is 0.227 e. The highest BCUT2D eigenvalue weighted by molar-refractivity contribution is 6.09. The minimum absolute atomic E-state index is 0.732. The summed E-state index contributed by atoms with van der Waals surface area (Å²) in [5.41, 5.74) is 13.6. The van der Waals surface area contributed by atoms with Crippen molar-refractivity contribution in [3.63, 3.8) is 0 Å². The molecule has 50 heavy (non-hydrogen) atoms. The van der Waals surface area contributed by atoms with Crippen LogP contribution < -0.4 is 0 Å². The number of hydrogen-bond donors (Lipinski definition) is 0. The predicted molar refractivity (Wildman–Crippen MR) is 210 cm³/mol. The van der Waals surface area contributed by atoms with E-state index in [-0.39, 0.29) is 0 Å². The van der Waals surface area contributed by atoms with Gasteiger partial charge in [0.05, 0.1) is 11.2 Å². The Hall–Kier alpha value is -6.64. The first-order valence-corrected chi connectivity index (χ1v) is 17.0. The fourth-order valence-electron chi connectivity index (χ4n) is 6.89. The van der Waals surface area contributed by atoms with Crippen molar-refractivity contribution in [1.82, 2.24) is 9.97 Å². The zero-order valence-electron chi connectivity index (χ0n) is 27.4. The molecule has 0 bridgehead atoms. The summed E-state index contributed by atoms with van der Waals surface area (Å²) in [6.07, 6.45) is 0. The Bertz CT molecular complexity index is 2620. The van der Waals surface area contributed by atoms with Gasteiger partial charge in [0.15, 0.2) is 5.82 Å². The standard InChI is InChI=1S/C48H32N2/c1-3-12-33(13-4-1)38-17-9-19-40(30-38)42-21-11-22-43(32-42)41-20-10-18-39(31-41)34-24-26-36(27-25-34)46-45-29-28-35-14-7-8-23-44(35)47(45)50-48(49-46)37-15-5-2-6-16-37/h1-32H. The molecule has 0 spiro atoms. The summed E-state index contributed by atoms with van der Waals surface area (Å²) in [6.45, 7) is 0. The summed E-state index contributed by atoms with van der Waals surface area (Å²) in [4.78, 5) is 10.2. The highest BCUT2D eigenvalue weighted by Gasteiger charge is 2.14. The van der Waals surface area contributed by atoms with Gasteiger partial charge in [-0.1, -0.05) is 170 Å². The summed E-state index contributed by atoms with van der Waals surface area (Å²) >= 11 is 0. The van der Waals surface area contributed by atoms with Crippen molar-refractivity contribution in [2.24, 2.45) is 0 Å². The summed E-state index contributed by atoms with van der Waals surface area (Å²) in [5, 5.41) is 3.35. The van der Waals surface area contributed by atoms with Gasteiger partial charge in [0.25, 0.3) is 0 Å². The van der Waals surface area contributed by atoms with Crippen molar-refractivity contribution in [3.8, 4) is 67.2 Å². The van der Waals surface area contributed by atoms with Gasteiger partial charge in [-0.3, -0.25) is 0 Å². The molecule has 234 valence electrons. The molecule has 0 saturated heterocycles. The van der Waals surface area contributed by atoms with Crippen LogP contribution in [-0.2, 0) is 0 Å². The van der Waals surface area contributed by atoms with E-state index in [9.17, 15) is 0 Å². The average Bonchev–Trinajstić information content (AvgIpc) is 3.21. The van der Waals surface area contributed by atoms with E-state index in [1.54, 1.807) is 0 Å². The van der Waals surface area contributed by atoms with E-state index in [0.717, 1.165) is 44.5 Å². The third kappa shape index (κ3) is 5.63. The SMILES string of the molecule is c1ccc(-c2cccc(-c3cccc(-c4cccc(-c5ccc(-c6nc(-c7ccccc7)nc7c6ccc6ccccc67)cc5)c4)c3)c2)cc1. The molecule has 1 aromatic heterocycles. The second-order valence-electron chi connectivity index (χ2n) is 12.6. The normalized spacial score (nSPS) is 11.2. The van der Waals surface area contributed by atoms with Crippen molar-refractivity contribution in [3.05, 3.63) is 194 Å². The maximum Gasteiger partial charge on any atom is 0.160 e. The van der Waals surface area contributed by atoms with Gasteiger partial charge >= 0.3 is 0 Å². The van der Waals surface area contributed by atoms with E-state index >= 15 is 0 Å². The lowest BCUT2D eigenvalue weighted by atomic mass is 9.94. The Morgan fingerprint density at radius 2 is 0.700 bits per heavy atom. The average molecular weight is 637 g/mol. The summed E-state index contributed by atoms with van der Waals surface area (Å²) in [6, 6.07) is 68.8. The first-order valence-electron chi connectivity index (χ1n) is 17.0. The van der Waals surface area contributed by atoms with Crippen LogP contribution in [0.4, 0.5) is 0 Å². The van der Waals surface area contributed by atoms with Gasteiger partial charge in [-0.15, -0.1) is 0 Å². The van der Waals surface area contributed by atoms with Crippen LogP contribution >= 0.6 is 0 Å². The molecule has 0 aliphatic rings. The molecule has 0 fully saturated rings.